The second-order valence-corrected chi connectivity index (χ2v) is 7.68. The Labute approximate surface area is 132 Å². The fourth-order valence-electron chi connectivity index (χ4n) is 1.97. The van der Waals surface area contributed by atoms with Crippen molar-refractivity contribution < 1.29 is 4.79 Å². The standard InChI is InChI=1S/C14H18N2OS3/c1-9(7-11-5-4-6-19-11)16(3)13(17)8-12-10(2)15-14(18)20-12/h4-6,9H,7-8H2,1-3H3,(H,15,18). The van der Waals surface area contributed by atoms with Gasteiger partial charge in [0.05, 0.1) is 6.42 Å². The highest BCUT2D eigenvalue weighted by molar-refractivity contribution is 7.73. The van der Waals surface area contributed by atoms with E-state index in [2.05, 4.69) is 23.4 Å². The van der Waals surface area contributed by atoms with Gasteiger partial charge in [0.1, 0.15) is 0 Å². The molecule has 2 aromatic rings. The Morgan fingerprint density at radius 1 is 1.55 bits per heavy atom. The van der Waals surface area contributed by atoms with Crippen LogP contribution in [0, 0.1) is 10.9 Å². The normalized spacial score (nSPS) is 12.3. The molecule has 1 atom stereocenters. The van der Waals surface area contributed by atoms with Gasteiger partial charge in [0.2, 0.25) is 5.91 Å². The smallest absolute Gasteiger partial charge is 0.227 e. The predicted molar refractivity (Wildman–Crippen MR) is 88.2 cm³/mol. The van der Waals surface area contributed by atoms with Gasteiger partial charge in [-0.2, -0.15) is 0 Å². The van der Waals surface area contributed by atoms with Crippen molar-refractivity contribution in [2.75, 3.05) is 7.05 Å². The second-order valence-electron chi connectivity index (χ2n) is 4.88. The molecule has 6 heteroatoms. The Hall–Kier alpha value is -0.980. The molecule has 0 bridgehead atoms. The number of carbonyl (C=O) groups is 1. The number of thiophene rings is 1. The van der Waals surface area contributed by atoms with Crippen LogP contribution in [0.4, 0.5) is 0 Å². The molecule has 0 aliphatic carbocycles. The molecule has 108 valence electrons. The van der Waals surface area contributed by atoms with Crippen molar-refractivity contribution in [1.82, 2.24) is 9.88 Å². The number of hydrogen-bond donors (Lipinski definition) is 1. The van der Waals surface area contributed by atoms with E-state index >= 15 is 0 Å². The minimum atomic E-state index is 0.141. The molecule has 0 fully saturated rings. The zero-order chi connectivity index (χ0) is 14.7. The summed E-state index contributed by atoms with van der Waals surface area (Å²) in [6.45, 7) is 4.05. The van der Waals surface area contributed by atoms with Gasteiger partial charge < -0.3 is 9.88 Å². The van der Waals surface area contributed by atoms with E-state index in [4.69, 9.17) is 12.2 Å². The van der Waals surface area contributed by atoms with Gasteiger partial charge in [-0.3, -0.25) is 4.79 Å². The number of hydrogen-bond acceptors (Lipinski definition) is 4. The molecule has 2 heterocycles. The first kappa shape index (κ1) is 15.4. The molecule has 0 aliphatic rings. The first-order chi connectivity index (χ1) is 9.47. The number of likely N-dealkylation sites (N-methyl/N-ethyl adjacent to an activating group) is 1. The zero-order valence-electron chi connectivity index (χ0n) is 11.8. The largest absolute Gasteiger partial charge is 0.342 e. The predicted octanol–water partition coefficient (Wildman–Crippen LogP) is 3.81. The number of aryl methyl sites for hydroxylation is 1. The van der Waals surface area contributed by atoms with Gasteiger partial charge in [-0.1, -0.05) is 6.07 Å². The highest BCUT2D eigenvalue weighted by atomic mass is 32.1. The van der Waals surface area contributed by atoms with E-state index in [-0.39, 0.29) is 11.9 Å². The van der Waals surface area contributed by atoms with Crippen LogP contribution in [0.15, 0.2) is 17.5 Å². The molecule has 0 saturated carbocycles. The lowest BCUT2D eigenvalue weighted by Crippen LogP contribution is -2.37. The molecule has 0 radical (unpaired) electrons. The lowest BCUT2D eigenvalue weighted by molar-refractivity contribution is -0.130. The molecule has 0 aliphatic heterocycles. The highest BCUT2D eigenvalue weighted by Crippen LogP contribution is 2.18. The summed E-state index contributed by atoms with van der Waals surface area (Å²) in [6.07, 6.45) is 1.33. The van der Waals surface area contributed by atoms with Crippen LogP contribution in [-0.2, 0) is 17.6 Å². The molecule has 1 N–H and O–H groups in total. The third-order valence-electron chi connectivity index (χ3n) is 3.37. The monoisotopic (exact) mass is 326 g/mol. The van der Waals surface area contributed by atoms with E-state index in [1.165, 1.54) is 16.2 Å². The van der Waals surface area contributed by atoms with E-state index in [1.807, 2.05) is 24.9 Å². The Morgan fingerprint density at radius 3 is 2.85 bits per heavy atom. The van der Waals surface area contributed by atoms with Gasteiger partial charge >= 0.3 is 0 Å². The van der Waals surface area contributed by atoms with E-state index in [0.717, 1.165) is 20.9 Å². The summed E-state index contributed by atoms with van der Waals surface area (Å²) < 4.78 is 0.736. The minimum absolute atomic E-state index is 0.141. The molecular formula is C14H18N2OS3. The van der Waals surface area contributed by atoms with Crippen molar-refractivity contribution in [1.29, 1.82) is 0 Å². The van der Waals surface area contributed by atoms with Crippen molar-refractivity contribution >= 4 is 40.8 Å². The summed E-state index contributed by atoms with van der Waals surface area (Å²) in [5, 5.41) is 2.07. The van der Waals surface area contributed by atoms with E-state index < -0.39 is 0 Å². The Kier molecular flexibility index (Phi) is 5.12. The summed E-state index contributed by atoms with van der Waals surface area (Å²) in [5.74, 6) is 0.141. The van der Waals surface area contributed by atoms with Gasteiger partial charge in [-0.05, 0) is 37.5 Å². The third-order valence-corrected chi connectivity index (χ3v) is 5.60. The number of carbonyl (C=O) groups excluding carboxylic acids is 1. The Bertz CT molecular complexity index is 627. The van der Waals surface area contributed by atoms with Gasteiger partial charge in [0.15, 0.2) is 3.95 Å². The maximum Gasteiger partial charge on any atom is 0.227 e. The van der Waals surface area contributed by atoms with Crippen molar-refractivity contribution in [3.8, 4) is 0 Å². The topological polar surface area (TPSA) is 36.1 Å². The Balaban J connectivity index is 1.97. The number of rotatable bonds is 5. The SMILES string of the molecule is Cc1[nH]c(=S)sc1CC(=O)N(C)C(C)Cc1cccs1. The van der Waals surface area contributed by atoms with Gasteiger partial charge in [-0.15, -0.1) is 22.7 Å². The van der Waals surface area contributed by atoms with Crippen LogP contribution in [0.3, 0.4) is 0 Å². The van der Waals surface area contributed by atoms with E-state index in [1.54, 1.807) is 11.3 Å². The van der Waals surface area contributed by atoms with Crippen LogP contribution in [0.1, 0.15) is 22.4 Å². The summed E-state index contributed by atoms with van der Waals surface area (Å²) in [6, 6.07) is 4.36. The van der Waals surface area contributed by atoms with Crippen molar-refractivity contribution in [2.45, 2.75) is 32.7 Å². The average Bonchev–Trinajstić information content (AvgIpc) is 2.99. The number of nitrogens with zero attached hydrogens (tertiary/aromatic N) is 1. The van der Waals surface area contributed by atoms with Crippen LogP contribution >= 0.6 is 34.9 Å². The highest BCUT2D eigenvalue weighted by Gasteiger charge is 2.18. The maximum atomic E-state index is 12.3. The number of aromatic amines is 1. The molecule has 0 aromatic carbocycles. The van der Waals surface area contributed by atoms with E-state index in [9.17, 15) is 4.79 Å². The molecule has 0 saturated heterocycles. The number of aromatic nitrogens is 1. The van der Waals surface area contributed by atoms with E-state index in [0.29, 0.717) is 6.42 Å². The molecule has 3 nitrogen and oxygen atoms in total. The van der Waals surface area contributed by atoms with Crippen molar-refractivity contribution in [2.24, 2.45) is 0 Å². The minimum Gasteiger partial charge on any atom is -0.342 e. The average molecular weight is 327 g/mol. The molecule has 2 rings (SSSR count). The fourth-order valence-corrected chi connectivity index (χ4v) is 4.08. The number of H-pyrrole nitrogens is 1. The van der Waals surface area contributed by atoms with Crippen LogP contribution in [0.2, 0.25) is 0 Å². The third kappa shape index (κ3) is 3.77. The second kappa shape index (κ2) is 6.65. The summed E-state index contributed by atoms with van der Waals surface area (Å²) >= 11 is 8.33. The molecule has 2 aromatic heterocycles. The fraction of sp³-hybridized carbons (Fsp3) is 0.429. The summed E-state index contributed by atoms with van der Waals surface area (Å²) in [4.78, 5) is 19.6. The van der Waals surface area contributed by atoms with Gasteiger partial charge in [0, 0.05) is 35.0 Å². The van der Waals surface area contributed by atoms with Gasteiger partial charge in [-0.25, -0.2) is 0 Å². The molecule has 1 unspecified atom stereocenters. The van der Waals surface area contributed by atoms with Crippen LogP contribution in [-0.4, -0.2) is 28.9 Å². The van der Waals surface area contributed by atoms with Crippen LogP contribution in [0.5, 0.6) is 0 Å². The van der Waals surface area contributed by atoms with Crippen LogP contribution in [0.25, 0.3) is 0 Å². The number of amides is 1. The lowest BCUT2D eigenvalue weighted by Gasteiger charge is -2.24. The van der Waals surface area contributed by atoms with Crippen molar-refractivity contribution in [3.05, 3.63) is 36.9 Å². The lowest BCUT2D eigenvalue weighted by atomic mass is 10.1. The molecule has 0 spiro atoms. The van der Waals surface area contributed by atoms with Crippen molar-refractivity contribution in [3.63, 3.8) is 0 Å². The first-order valence-corrected chi connectivity index (χ1v) is 8.54. The Morgan fingerprint density at radius 2 is 2.30 bits per heavy atom. The first-order valence-electron chi connectivity index (χ1n) is 6.44. The molecule has 20 heavy (non-hydrogen) atoms. The molecular weight excluding hydrogens is 308 g/mol. The summed E-state index contributed by atoms with van der Waals surface area (Å²) in [7, 11) is 1.88. The number of thiazole rings is 1. The molecule has 1 amide bonds. The number of nitrogens with one attached hydrogen (secondary N) is 1. The quantitative estimate of drug-likeness (QED) is 0.848. The zero-order valence-corrected chi connectivity index (χ0v) is 14.3. The van der Waals surface area contributed by atoms with Gasteiger partial charge in [0.25, 0.3) is 0 Å². The maximum absolute atomic E-state index is 12.3. The summed E-state index contributed by atoms with van der Waals surface area (Å²) in [5.41, 5.74) is 1.01. The van der Waals surface area contributed by atoms with Crippen LogP contribution < -0.4 is 0 Å².